The van der Waals surface area contributed by atoms with E-state index in [1.54, 1.807) is 0 Å². The fraction of sp³-hybridized carbons (Fsp3) is 1.00. The zero-order valence-corrected chi connectivity index (χ0v) is 23.2. The second-order valence-electron chi connectivity index (χ2n) is 14.1. The molecule has 3 aliphatic carbocycles. The number of methoxy groups -OCH3 is 1. The normalized spacial score (nSPS) is 42.2. The van der Waals surface area contributed by atoms with Crippen molar-refractivity contribution < 1.29 is 14.9 Å². The zero-order chi connectivity index (χ0) is 24.6. The molecule has 0 spiro atoms. The average Bonchev–Trinajstić information content (AvgIpc) is 3.02. The summed E-state index contributed by atoms with van der Waals surface area (Å²) in [6, 6.07) is 0. The van der Waals surface area contributed by atoms with Crippen LogP contribution in [0.3, 0.4) is 0 Å². The van der Waals surface area contributed by atoms with Crippen LogP contribution in [0.25, 0.3) is 0 Å². The summed E-state index contributed by atoms with van der Waals surface area (Å²) in [5, 5.41) is 20.9. The molecule has 33 heavy (non-hydrogen) atoms. The van der Waals surface area contributed by atoms with Gasteiger partial charge >= 0.3 is 0 Å². The van der Waals surface area contributed by atoms with Crippen molar-refractivity contribution in [2.24, 2.45) is 46.3 Å². The van der Waals surface area contributed by atoms with Gasteiger partial charge in [-0.1, -0.05) is 60.3 Å². The molecule has 0 bridgehead atoms. The summed E-state index contributed by atoms with van der Waals surface area (Å²) in [5.41, 5.74) is -0.140. The van der Waals surface area contributed by atoms with Gasteiger partial charge in [0.1, 0.15) is 0 Å². The molecule has 0 saturated heterocycles. The average molecular weight is 465 g/mol. The van der Waals surface area contributed by atoms with Gasteiger partial charge in [-0.15, -0.1) is 0 Å². The largest absolute Gasteiger partial charge is 0.393 e. The molecule has 5 unspecified atom stereocenters. The van der Waals surface area contributed by atoms with Crippen molar-refractivity contribution in [2.75, 3.05) is 7.11 Å². The Kier molecular flexibility index (Phi) is 8.72. The van der Waals surface area contributed by atoms with Crippen LogP contribution in [-0.2, 0) is 4.74 Å². The van der Waals surface area contributed by atoms with E-state index >= 15 is 0 Å². The molecule has 194 valence electrons. The van der Waals surface area contributed by atoms with Crippen molar-refractivity contribution in [3.05, 3.63) is 0 Å². The first-order valence-electron chi connectivity index (χ1n) is 14.2. The standard InChI is InChI=1S/C30H56O3/c1-20-13-16-26(31)29(5,6)23(20)15-14-22-12-10-18-30(7)24(22)19-25(33-8)27(30)21(2)11-9-17-28(3,4)32/h20-27,31-32H,9-19H2,1-8H3/t20?,21-,22+,23?,24?,25?,26+,27?,30+/m1/s1. The highest BCUT2D eigenvalue weighted by atomic mass is 16.5. The topological polar surface area (TPSA) is 49.7 Å². The number of rotatable bonds is 9. The van der Waals surface area contributed by atoms with Crippen molar-refractivity contribution in [3.8, 4) is 0 Å². The summed E-state index contributed by atoms with van der Waals surface area (Å²) >= 11 is 0. The summed E-state index contributed by atoms with van der Waals surface area (Å²) < 4.78 is 6.17. The van der Waals surface area contributed by atoms with E-state index in [1.807, 2.05) is 21.0 Å². The van der Waals surface area contributed by atoms with Gasteiger partial charge in [0.05, 0.1) is 17.8 Å². The Morgan fingerprint density at radius 3 is 2.42 bits per heavy atom. The Labute approximate surface area is 205 Å². The quantitative estimate of drug-likeness (QED) is 0.378. The highest BCUT2D eigenvalue weighted by molar-refractivity contribution is 5.06. The summed E-state index contributed by atoms with van der Waals surface area (Å²) in [7, 11) is 1.94. The van der Waals surface area contributed by atoms with Crippen LogP contribution in [0, 0.1) is 46.3 Å². The molecule has 0 aromatic rings. The lowest BCUT2D eigenvalue weighted by Crippen LogP contribution is -2.45. The molecule has 3 rings (SSSR count). The second-order valence-corrected chi connectivity index (χ2v) is 14.1. The molecule has 3 saturated carbocycles. The van der Waals surface area contributed by atoms with Crippen molar-refractivity contribution in [3.63, 3.8) is 0 Å². The van der Waals surface area contributed by atoms with E-state index in [0.717, 1.165) is 37.0 Å². The molecule has 3 nitrogen and oxygen atoms in total. The summed E-state index contributed by atoms with van der Waals surface area (Å²) in [6.45, 7) is 16.0. The number of aliphatic hydroxyl groups is 2. The molecule has 0 aromatic carbocycles. The van der Waals surface area contributed by atoms with E-state index in [2.05, 4.69) is 34.6 Å². The van der Waals surface area contributed by atoms with Crippen LogP contribution in [0.1, 0.15) is 119 Å². The maximum Gasteiger partial charge on any atom is 0.0610 e. The monoisotopic (exact) mass is 464 g/mol. The van der Waals surface area contributed by atoms with E-state index in [9.17, 15) is 10.2 Å². The molecule has 2 N–H and O–H groups in total. The second kappa shape index (κ2) is 10.5. The minimum Gasteiger partial charge on any atom is -0.393 e. The van der Waals surface area contributed by atoms with Crippen LogP contribution < -0.4 is 0 Å². The smallest absolute Gasteiger partial charge is 0.0610 e. The molecule has 3 fully saturated rings. The van der Waals surface area contributed by atoms with Crippen molar-refractivity contribution in [1.82, 2.24) is 0 Å². The van der Waals surface area contributed by atoms with Gasteiger partial charge in [0.25, 0.3) is 0 Å². The summed E-state index contributed by atoms with van der Waals surface area (Å²) in [5.74, 6) is 4.19. The van der Waals surface area contributed by atoms with Crippen molar-refractivity contribution in [2.45, 2.75) is 137 Å². The fourth-order valence-electron chi connectivity index (χ4n) is 9.03. The van der Waals surface area contributed by atoms with Gasteiger partial charge in [-0.3, -0.25) is 0 Å². The highest BCUT2D eigenvalue weighted by Gasteiger charge is 2.57. The minimum atomic E-state index is -0.559. The SMILES string of the molecule is COC1CC2[C@H](CCC3C(C)CC[C@H](O)C3(C)C)CCC[C@]2(C)C1[C@H](C)CCCC(C)(C)O. The van der Waals surface area contributed by atoms with Crippen LogP contribution in [0.2, 0.25) is 0 Å². The lowest BCUT2D eigenvalue weighted by molar-refractivity contribution is -0.0621. The molecule has 0 amide bonds. The van der Waals surface area contributed by atoms with Crippen LogP contribution in [-0.4, -0.2) is 35.1 Å². The Bertz CT molecular complexity index is 623. The number of aliphatic hydroxyl groups excluding tert-OH is 1. The third kappa shape index (κ3) is 5.83. The van der Waals surface area contributed by atoms with Gasteiger partial charge in [-0.25, -0.2) is 0 Å². The maximum atomic E-state index is 10.7. The van der Waals surface area contributed by atoms with E-state index in [0.29, 0.717) is 29.3 Å². The highest BCUT2D eigenvalue weighted by Crippen LogP contribution is 2.62. The summed E-state index contributed by atoms with van der Waals surface area (Å²) in [4.78, 5) is 0. The van der Waals surface area contributed by atoms with E-state index in [4.69, 9.17) is 4.74 Å². The predicted octanol–water partition coefficient (Wildman–Crippen LogP) is 7.23. The molecule has 0 heterocycles. The Hall–Kier alpha value is -0.120. The number of hydrogen-bond acceptors (Lipinski definition) is 3. The first kappa shape index (κ1) is 27.5. The van der Waals surface area contributed by atoms with Crippen LogP contribution in [0.15, 0.2) is 0 Å². The molecule has 3 heteroatoms. The third-order valence-corrected chi connectivity index (χ3v) is 11.0. The minimum absolute atomic E-state index is 0.0396. The molecule has 0 aromatic heterocycles. The van der Waals surface area contributed by atoms with Crippen LogP contribution in [0.4, 0.5) is 0 Å². The number of fused-ring (bicyclic) bond motifs is 1. The lowest BCUT2D eigenvalue weighted by atomic mass is 9.56. The predicted molar refractivity (Wildman–Crippen MR) is 138 cm³/mol. The van der Waals surface area contributed by atoms with Gasteiger partial charge in [-0.2, -0.15) is 0 Å². The lowest BCUT2D eigenvalue weighted by Gasteiger charge is -2.49. The zero-order valence-electron chi connectivity index (χ0n) is 23.2. The van der Waals surface area contributed by atoms with Gasteiger partial charge in [0.15, 0.2) is 0 Å². The molecule has 9 atom stereocenters. The summed E-state index contributed by atoms with van der Waals surface area (Å²) in [6.07, 6.45) is 13.4. The Balaban J connectivity index is 1.69. The fourth-order valence-corrected chi connectivity index (χ4v) is 9.03. The van der Waals surface area contributed by atoms with E-state index in [-0.39, 0.29) is 11.5 Å². The van der Waals surface area contributed by atoms with Crippen molar-refractivity contribution >= 4 is 0 Å². The van der Waals surface area contributed by atoms with Gasteiger partial charge in [0, 0.05) is 7.11 Å². The molecule has 0 aliphatic heterocycles. The molecular weight excluding hydrogens is 408 g/mol. The van der Waals surface area contributed by atoms with Gasteiger partial charge in [-0.05, 0) is 105 Å². The van der Waals surface area contributed by atoms with E-state index < -0.39 is 5.60 Å². The molecular formula is C30H56O3. The first-order chi connectivity index (χ1) is 15.3. The number of ether oxygens (including phenoxy) is 1. The van der Waals surface area contributed by atoms with Crippen LogP contribution in [0.5, 0.6) is 0 Å². The Morgan fingerprint density at radius 1 is 1.09 bits per heavy atom. The number of hydrogen-bond donors (Lipinski definition) is 2. The molecule has 3 aliphatic rings. The van der Waals surface area contributed by atoms with E-state index in [1.165, 1.54) is 51.4 Å². The van der Waals surface area contributed by atoms with Gasteiger partial charge in [0.2, 0.25) is 0 Å². The van der Waals surface area contributed by atoms with Gasteiger partial charge < -0.3 is 14.9 Å². The Morgan fingerprint density at radius 2 is 1.79 bits per heavy atom. The van der Waals surface area contributed by atoms with Crippen LogP contribution >= 0.6 is 0 Å². The first-order valence-corrected chi connectivity index (χ1v) is 14.2. The van der Waals surface area contributed by atoms with Crippen molar-refractivity contribution in [1.29, 1.82) is 0 Å². The molecule has 0 radical (unpaired) electrons. The maximum absolute atomic E-state index is 10.7. The third-order valence-electron chi connectivity index (χ3n) is 11.0.